The van der Waals surface area contributed by atoms with Crippen molar-refractivity contribution in [2.75, 3.05) is 7.11 Å². The molecule has 0 amide bonds. The van der Waals surface area contributed by atoms with E-state index in [1.54, 1.807) is 7.11 Å². The normalized spacial score (nSPS) is 12.1. The van der Waals surface area contributed by atoms with Crippen molar-refractivity contribution in [3.05, 3.63) is 29.5 Å². The monoisotopic (exact) mass is 218 g/mol. The Hall–Kier alpha value is -1.48. The lowest BCUT2D eigenvalue weighted by Crippen LogP contribution is -2.28. The van der Waals surface area contributed by atoms with Crippen molar-refractivity contribution in [1.29, 1.82) is 0 Å². The van der Waals surface area contributed by atoms with Gasteiger partial charge < -0.3 is 15.5 Å². The quantitative estimate of drug-likeness (QED) is 0.814. The molecule has 2 aromatic rings. The molecule has 3 heteroatoms. The summed E-state index contributed by atoms with van der Waals surface area (Å²) < 4.78 is 5.25. The van der Waals surface area contributed by atoms with Crippen LogP contribution in [0.5, 0.6) is 5.75 Å². The van der Waals surface area contributed by atoms with E-state index in [1.165, 1.54) is 5.56 Å². The number of benzene rings is 1. The molecule has 2 rings (SSSR count). The van der Waals surface area contributed by atoms with Gasteiger partial charge in [0, 0.05) is 16.6 Å². The summed E-state index contributed by atoms with van der Waals surface area (Å²) in [6.45, 7) is 6.04. The van der Waals surface area contributed by atoms with Gasteiger partial charge in [0.05, 0.1) is 12.6 Å². The number of methoxy groups -OCH3 is 1. The summed E-state index contributed by atoms with van der Waals surface area (Å²) in [5.41, 5.74) is 9.08. The van der Waals surface area contributed by atoms with Crippen molar-refractivity contribution < 1.29 is 4.74 Å². The van der Waals surface area contributed by atoms with Crippen molar-refractivity contribution in [2.45, 2.75) is 26.3 Å². The van der Waals surface area contributed by atoms with E-state index < -0.39 is 0 Å². The smallest absolute Gasteiger partial charge is 0.119 e. The molecular formula is C13H18N2O. The Morgan fingerprint density at radius 1 is 1.25 bits per heavy atom. The van der Waals surface area contributed by atoms with Crippen LogP contribution in [0.2, 0.25) is 0 Å². The lowest BCUT2D eigenvalue weighted by atomic mass is 10.0. The third-order valence-electron chi connectivity index (χ3n) is 2.83. The number of nitrogens with two attached hydrogens (primary N) is 1. The van der Waals surface area contributed by atoms with Crippen molar-refractivity contribution in [3.63, 3.8) is 0 Å². The molecule has 0 spiro atoms. The first-order valence-electron chi connectivity index (χ1n) is 5.38. The Morgan fingerprint density at radius 3 is 2.50 bits per heavy atom. The molecule has 3 nitrogen and oxygen atoms in total. The summed E-state index contributed by atoms with van der Waals surface area (Å²) in [6.07, 6.45) is 0. The van der Waals surface area contributed by atoms with Gasteiger partial charge in [-0.3, -0.25) is 0 Å². The minimum Gasteiger partial charge on any atom is -0.497 e. The van der Waals surface area contributed by atoms with E-state index in [4.69, 9.17) is 10.5 Å². The summed E-state index contributed by atoms with van der Waals surface area (Å²) in [5.74, 6) is 0.880. The van der Waals surface area contributed by atoms with Crippen molar-refractivity contribution >= 4 is 10.9 Å². The Morgan fingerprint density at radius 2 is 1.94 bits per heavy atom. The van der Waals surface area contributed by atoms with Crippen molar-refractivity contribution in [3.8, 4) is 5.75 Å². The molecule has 1 aromatic carbocycles. The largest absolute Gasteiger partial charge is 0.497 e. The molecular weight excluding hydrogens is 200 g/mol. The fourth-order valence-electron chi connectivity index (χ4n) is 1.86. The zero-order chi connectivity index (χ0) is 11.9. The van der Waals surface area contributed by atoms with Gasteiger partial charge in [-0.05, 0) is 44.5 Å². The van der Waals surface area contributed by atoms with Gasteiger partial charge >= 0.3 is 0 Å². The fourth-order valence-corrected chi connectivity index (χ4v) is 1.86. The minimum absolute atomic E-state index is 0.349. The minimum atomic E-state index is -0.349. The molecule has 0 unspecified atom stereocenters. The van der Waals surface area contributed by atoms with Crippen molar-refractivity contribution in [1.82, 2.24) is 4.98 Å². The summed E-state index contributed by atoms with van der Waals surface area (Å²) in [6, 6.07) is 6.13. The number of aromatic amines is 1. The highest BCUT2D eigenvalue weighted by Gasteiger charge is 2.17. The molecule has 0 saturated carbocycles. The predicted octanol–water partition coefficient (Wildman–Crippen LogP) is 2.68. The summed E-state index contributed by atoms with van der Waals surface area (Å²) in [5, 5.41) is 1.14. The van der Waals surface area contributed by atoms with E-state index in [2.05, 4.69) is 18.0 Å². The number of nitrogens with one attached hydrogen (secondary N) is 1. The van der Waals surface area contributed by atoms with E-state index >= 15 is 0 Å². The molecule has 16 heavy (non-hydrogen) atoms. The van der Waals surface area contributed by atoms with Gasteiger partial charge in [0.25, 0.3) is 0 Å². The molecule has 0 atom stereocenters. The predicted molar refractivity (Wildman–Crippen MR) is 66.8 cm³/mol. The van der Waals surface area contributed by atoms with E-state index in [-0.39, 0.29) is 5.54 Å². The maximum atomic E-state index is 6.08. The summed E-state index contributed by atoms with van der Waals surface area (Å²) in [4.78, 5) is 3.37. The molecule has 3 N–H and O–H groups in total. The van der Waals surface area contributed by atoms with Crippen LogP contribution in [0, 0.1) is 6.92 Å². The van der Waals surface area contributed by atoms with Crippen LogP contribution in [0.25, 0.3) is 10.9 Å². The van der Waals surface area contributed by atoms with Gasteiger partial charge in [-0.25, -0.2) is 0 Å². The van der Waals surface area contributed by atoms with Crippen molar-refractivity contribution in [2.24, 2.45) is 5.73 Å². The first kappa shape index (κ1) is 11.0. The number of H-pyrrole nitrogens is 1. The van der Waals surface area contributed by atoms with Crippen LogP contribution in [0.4, 0.5) is 0 Å². The summed E-state index contributed by atoms with van der Waals surface area (Å²) in [7, 11) is 1.68. The van der Waals surface area contributed by atoms with E-state index in [1.807, 2.05) is 26.0 Å². The Balaban J connectivity index is 2.66. The van der Waals surface area contributed by atoms with Gasteiger partial charge in [0.1, 0.15) is 5.75 Å². The van der Waals surface area contributed by atoms with Crippen LogP contribution in [0.15, 0.2) is 18.2 Å². The highest BCUT2D eigenvalue weighted by molar-refractivity contribution is 5.85. The van der Waals surface area contributed by atoms with Gasteiger partial charge in [0.2, 0.25) is 0 Å². The number of hydrogen-bond acceptors (Lipinski definition) is 2. The van der Waals surface area contributed by atoms with Gasteiger partial charge in [-0.1, -0.05) is 0 Å². The highest BCUT2D eigenvalue weighted by Crippen LogP contribution is 2.28. The second-order valence-corrected chi connectivity index (χ2v) is 4.81. The van der Waals surface area contributed by atoms with Crippen LogP contribution in [0.3, 0.4) is 0 Å². The maximum absolute atomic E-state index is 6.08. The molecule has 86 valence electrons. The second-order valence-electron chi connectivity index (χ2n) is 4.81. The average Bonchev–Trinajstić information content (AvgIpc) is 2.61. The number of fused-ring (bicyclic) bond motifs is 1. The topological polar surface area (TPSA) is 51.0 Å². The van der Waals surface area contributed by atoms with Gasteiger partial charge in [-0.15, -0.1) is 0 Å². The molecule has 0 fully saturated rings. The zero-order valence-corrected chi connectivity index (χ0v) is 10.2. The van der Waals surface area contributed by atoms with E-state index in [0.29, 0.717) is 0 Å². The lowest BCUT2D eigenvalue weighted by Gasteiger charge is -2.15. The zero-order valence-electron chi connectivity index (χ0n) is 10.2. The first-order valence-corrected chi connectivity index (χ1v) is 5.38. The molecule has 1 aromatic heterocycles. The number of rotatable bonds is 2. The van der Waals surface area contributed by atoms with Gasteiger partial charge in [0.15, 0.2) is 0 Å². The number of hydrogen-bond donors (Lipinski definition) is 2. The van der Waals surface area contributed by atoms with Crippen LogP contribution < -0.4 is 10.5 Å². The number of aryl methyl sites for hydroxylation is 1. The molecule has 0 aliphatic carbocycles. The van der Waals surface area contributed by atoms with Crippen LogP contribution in [-0.2, 0) is 5.54 Å². The highest BCUT2D eigenvalue weighted by atomic mass is 16.5. The Bertz CT molecular complexity index is 520. The number of ether oxygens (including phenoxy) is 1. The van der Waals surface area contributed by atoms with Crippen LogP contribution in [-0.4, -0.2) is 12.1 Å². The lowest BCUT2D eigenvalue weighted by molar-refractivity contribution is 0.415. The standard InChI is InChI=1S/C13H18N2O/c1-8-5-10(16-4)6-9-7-11(13(2,3)14)15-12(8)9/h5-7,15H,14H2,1-4H3. The average molecular weight is 218 g/mol. The van der Waals surface area contributed by atoms with Crippen LogP contribution >= 0.6 is 0 Å². The summed E-state index contributed by atoms with van der Waals surface area (Å²) >= 11 is 0. The Kier molecular flexibility index (Phi) is 2.43. The van der Waals surface area contributed by atoms with Gasteiger partial charge in [-0.2, -0.15) is 0 Å². The molecule has 0 radical (unpaired) electrons. The molecule has 0 aliphatic heterocycles. The molecule has 0 saturated heterocycles. The molecule has 1 heterocycles. The molecule has 0 aliphatic rings. The Labute approximate surface area is 95.6 Å². The fraction of sp³-hybridized carbons (Fsp3) is 0.385. The third-order valence-corrected chi connectivity index (χ3v) is 2.83. The number of aromatic nitrogens is 1. The van der Waals surface area contributed by atoms with E-state index in [0.717, 1.165) is 22.3 Å². The SMILES string of the molecule is COc1cc(C)c2[nH]c(C(C)(C)N)cc2c1. The third kappa shape index (κ3) is 1.78. The first-order chi connectivity index (χ1) is 7.41. The second kappa shape index (κ2) is 3.52. The maximum Gasteiger partial charge on any atom is 0.119 e. The van der Waals surface area contributed by atoms with Crippen LogP contribution in [0.1, 0.15) is 25.1 Å². The molecule has 0 bridgehead atoms. The van der Waals surface area contributed by atoms with E-state index in [9.17, 15) is 0 Å².